The number of benzene rings is 2. The van der Waals surface area contributed by atoms with E-state index in [-0.39, 0.29) is 30.9 Å². The molecule has 1 fully saturated rings. The molecule has 1 unspecified atom stereocenters. The van der Waals surface area contributed by atoms with Crippen molar-refractivity contribution in [2.45, 2.75) is 50.2 Å². The number of hydrogen-bond acceptors (Lipinski definition) is 5. The lowest BCUT2D eigenvalue weighted by atomic mass is 9.78. The van der Waals surface area contributed by atoms with Gasteiger partial charge in [-0.3, -0.25) is 0 Å². The summed E-state index contributed by atoms with van der Waals surface area (Å²) in [5, 5.41) is 22.9. The molecule has 0 bridgehead atoms. The standard InChI is InChI=1S/C23H24F4N4O2/c1-15-12-22(32,16-6-8-17(9-7-16)23(25,26)27)13-19(28-15)20-14-31(30-29-20)10-11-33-21-5-3-2-4-18(21)24/h2-9,14-15,19,28,32H,10-13H2,1H3/t15-,19-,22?/m0/s1. The number of alkyl halides is 3. The number of piperidine rings is 1. The van der Waals surface area contributed by atoms with Crippen molar-refractivity contribution in [2.75, 3.05) is 6.61 Å². The van der Waals surface area contributed by atoms with E-state index in [1.165, 1.54) is 24.3 Å². The van der Waals surface area contributed by atoms with Crippen molar-refractivity contribution in [3.8, 4) is 5.75 Å². The topological polar surface area (TPSA) is 72.2 Å². The number of rotatable bonds is 6. The van der Waals surface area contributed by atoms with Gasteiger partial charge in [-0.05, 0) is 43.2 Å². The van der Waals surface area contributed by atoms with Crippen LogP contribution in [0.3, 0.4) is 0 Å². The second-order valence-electron chi connectivity index (χ2n) is 8.32. The lowest BCUT2D eigenvalue weighted by molar-refractivity contribution is -0.137. The molecule has 176 valence electrons. The van der Waals surface area contributed by atoms with Crippen LogP contribution in [-0.2, 0) is 18.3 Å². The Morgan fingerprint density at radius 2 is 1.88 bits per heavy atom. The number of nitrogens with one attached hydrogen (secondary N) is 1. The third kappa shape index (κ3) is 5.33. The molecule has 2 aromatic carbocycles. The number of nitrogens with zero attached hydrogens (tertiary/aromatic N) is 3. The van der Waals surface area contributed by atoms with Gasteiger partial charge in [0.05, 0.1) is 35.6 Å². The molecule has 1 aliphatic rings. The van der Waals surface area contributed by atoms with Gasteiger partial charge in [-0.1, -0.05) is 29.5 Å². The van der Waals surface area contributed by atoms with Crippen LogP contribution in [0.4, 0.5) is 17.6 Å². The Hall–Kier alpha value is -2.98. The summed E-state index contributed by atoms with van der Waals surface area (Å²) < 4.78 is 59.3. The van der Waals surface area contributed by atoms with Crippen LogP contribution >= 0.6 is 0 Å². The van der Waals surface area contributed by atoms with Crippen LogP contribution in [0.15, 0.2) is 54.7 Å². The summed E-state index contributed by atoms with van der Waals surface area (Å²) in [6.45, 7) is 2.42. The first-order valence-corrected chi connectivity index (χ1v) is 10.6. The predicted octanol–water partition coefficient (Wildman–Crippen LogP) is 4.22. The van der Waals surface area contributed by atoms with Gasteiger partial charge < -0.3 is 15.2 Å². The van der Waals surface area contributed by atoms with Gasteiger partial charge in [-0.25, -0.2) is 9.07 Å². The summed E-state index contributed by atoms with van der Waals surface area (Å²) in [6.07, 6.45) is -2.14. The van der Waals surface area contributed by atoms with Crippen molar-refractivity contribution < 1.29 is 27.4 Å². The van der Waals surface area contributed by atoms with Crippen molar-refractivity contribution in [3.05, 3.63) is 77.4 Å². The molecule has 0 saturated carbocycles. The van der Waals surface area contributed by atoms with E-state index in [2.05, 4.69) is 15.6 Å². The Labute approximate surface area is 188 Å². The van der Waals surface area contributed by atoms with Crippen molar-refractivity contribution >= 4 is 0 Å². The van der Waals surface area contributed by atoms with E-state index in [1.54, 1.807) is 23.0 Å². The molecule has 0 aliphatic carbocycles. The van der Waals surface area contributed by atoms with Crippen LogP contribution in [0.2, 0.25) is 0 Å². The Balaban J connectivity index is 1.43. The normalized spacial score (nSPS) is 23.5. The molecule has 33 heavy (non-hydrogen) atoms. The minimum atomic E-state index is -4.43. The quantitative estimate of drug-likeness (QED) is 0.535. The first-order chi connectivity index (χ1) is 15.6. The Morgan fingerprint density at radius 3 is 2.58 bits per heavy atom. The van der Waals surface area contributed by atoms with Gasteiger partial charge in [0, 0.05) is 12.5 Å². The molecule has 2 heterocycles. The lowest BCUT2D eigenvalue weighted by Gasteiger charge is -2.40. The van der Waals surface area contributed by atoms with E-state index in [0.717, 1.165) is 12.1 Å². The van der Waals surface area contributed by atoms with Crippen molar-refractivity contribution in [3.63, 3.8) is 0 Å². The van der Waals surface area contributed by atoms with Crippen LogP contribution in [0.25, 0.3) is 0 Å². The van der Waals surface area contributed by atoms with E-state index < -0.39 is 23.2 Å². The highest BCUT2D eigenvalue weighted by Crippen LogP contribution is 2.40. The average Bonchev–Trinajstić information content (AvgIpc) is 3.23. The van der Waals surface area contributed by atoms with Gasteiger partial charge in [-0.2, -0.15) is 13.2 Å². The van der Waals surface area contributed by atoms with Crippen molar-refractivity contribution in [1.29, 1.82) is 0 Å². The molecule has 1 aromatic heterocycles. The maximum atomic E-state index is 13.6. The molecule has 1 aliphatic heterocycles. The van der Waals surface area contributed by atoms with Crippen LogP contribution in [0, 0.1) is 5.82 Å². The number of para-hydroxylation sites is 1. The first kappa shape index (κ1) is 23.2. The Bertz CT molecular complexity index is 1090. The van der Waals surface area contributed by atoms with Crippen LogP contribution in [-0.4, -0.2) is 32.7 Å². The molecule has 3 atom stereocenters. The molecular weight excluding hydrogens is 440 g/mol. The van der Waals surface area contributed by atoms with Crippen LogP contribution in [0.5, 0.6) is 5.75 Å². The largest absolute Gasteiger partial charge is 0.489 e. The zero-order chi connectivity index (χ0) is 23.6. The number of aliphatic hydroxyl groups is 1. The van der Waals surface area contributed by atoms with Gasteiger partial charge in [0.2, 0.25) is 0 Å². The summed E-state index contributed by atoms with van der Waals surface area (Å²) in [5.74, 6) is -0.290. The summed E-state index contributed by atoms with van der Waals surface area (Å²) in [6, 6.07) is 10.3. The summed E-state index contributed by atoms with van der Waals surface area (Å²) >= 11 is 0. The maximum absolute atomic E-state index is 13.6. The van der Waals surface area contributed by atoms with Crippen molar-refractivity contribution in [1.82, 2.24) is 20.3 Å². The molecule has 4 rings (SSSR count). The minimum absolute atomic E-state index is 0.106. The first-order valence-electron chi connectivity index (χ1n) is 10.6. The summed E-state index contributed by atoms with van der Waals surface area (Å²) in [4.78, 5) is 0. The third-order valence-corrected chi connectivity index (χ3v) is 5.75. The molecule has 2 N–H and O–H groups in total. The maximum Gasteiger partial charge on any atom is 0.416 e. The van der Waals surface area contributed by atoms with E-state index in [0.29, 0.717) is 24.2 Å². The number of ether oxygens (including phenoxy) is 1. The monoisotopic (exact) mass is 464 g/mol. The van der Waals surface area contributed by atoms with Gasteiger partial charge >= 0.3 is 6.18 Å². The molecule has 0 amide bonds. The van der Waals surface area contributed by atoms with E-state index >= 15 is 0 Å². The second-order valence-corrected chi connectivity index (χ2v) is 8.32. The number of halogens is 4. The Kier molecular flexibility index (Phi) is 6.40. The van der Waals surface area contributed by atoms with E-state index in [1.807, 2.05) is 6.92 Å². The predicted molar refractivity (Wildman–Crippen MR) is 112 cm³/mol. The fraction of sp³-hybridized carbons (Fsp3) is 0.391. The SMILES string of the molecule is C[C@H]1CC(O)(c2ccc(C(F)(F)F)cc2)C[C@@H](c2cn(CCOc3ccccc3F)nn2)N1. The average molecular weight is 464 g/mol. The number of aromatic nitrogens is 3. The van der Waals surface area contributed by atoms with Gasteiger partial charge in [0.1, 0.15) is 6.61 Å². The molecule has 0 spiro atoms. The van der Waals surface area contributed by atoms with E-state index in [4.69, 9.17) is 4.74 Å². The fourth-order valence-corrected chi connectivity index (χ4v) is 4.18. The molecule has 6 nitrogen and oxygen atoms in total. The van der Waals surface area contributed by atoms with Crippen molar-refractivity contribution in [2.24, 2.45) is 0 Å². The van der Waals surface area contributed by atoms with Crippen LogP contribution < -0.4 is 10.1 Å². The molecular formula is C23H24F4N4O2. The Morgan fingerprint density at radius 1 is 1.15 bits per heavy atom. The van der Waals surface area contributed by atoms with Crippen LogP contribution in [0.1, 0.15) is 42.6 Å². The highest BCUT2D eigenvalue weighted by atomic mass is 19.4. The zero-order valence-electron chi connectivity index (χ0n) is 17.9. The highest BCUT2D eigenvalue weighted by Gasteiger charge is 2.41. The second kappa shape index (κ2) is 9.11. The van der Waals surface area contributed by atoms with Gasteiger partial charge in [0.25, 0.3) is 0 Å². The molecule has 10 heteroatoms. The molecule has 1 saturated heterocycles. The summed E-state index contributed by atoms with van der Waals surface area (Å²) in [5.41, 5.74) is -1.04. The zero-order valence-corrected chi connectivity index (χ0v) is 17.9. The molecule has 3 aromatic rings. The fourth-order valence-electron chi connectivity index (χ4n) is 4.18. The molecule has 0 radical (unpaired) electrons. The summed E-state index contributed by atoms with van der Waals surface area (Å²) in [7, 11) is 0. The third-order valence-electron chi connectivity index (χ3n) is 5.75. The smallest absolute Gasteiger partial charge is 0.416 e. The lowest BCUT2D eigenvalue weighted by Crippen LogP contribution is -2.47. The van der Waals surface area contributed by atoms with Gasteiger partial charge in [-0.15, -0.1) is 5.10 Å². The van der Waals surface area contributed by atoms with Gasteiger partial charge in [0.15, 0.2) is 11.6 Å². The minimum Gasteiger partial charge on any atom is -0.489 e. The number of hydrogen-bond donors (Lipinski definition) is 2. The van der Waals surface area contributed by atoms with E-state index in [9.17, 15) is 22.7 Å². The highest BCUT2D eigenvalue weighted by molar-refractivity contribution is 5.30.